The molecular formula is C25H22F8N2O2. The van der Waals surface area contributed by atoms with E-state index < -0.39 is 70.6 Å². The van der Waals surface area contributed by atoms with Gasteiger partial charge in [0, 0.05) is 17.2 Å². The fourth-order valence-corrected chi connectivity index (χ4v) is 4.71. The van der Waals surface area contributed by atoms with E-state index in [0.29, 0.717) is 31.4 Å². The average molecular weight is 534 g/mol. The van der Waals surface area contributed by atoms with Crippen molar-refractivity contribution in [3.63, 3.8) is 0 Å². The summed E-state index contributed by atoms with van der Waals surface area (Å²) in [5, 5.41) is 2.56. The minimum Gasteiger partial charge on any atom is -0.347 e. The van der Waals surface area contributed by atoms with E-state index >= 15 is 0 Å². The molecule has 12 heteroatoms. The number of hydrogen-bond acceptors (Lipinski definition) is 2. The van der Waals surface area contributed by atoms with Gasteiger partial charge in [0.25, 0.3) is 5.91 Å². The summed E-state index contributed by atoms with van der Waals surface area (Å²) in [6.07, 6.45) is -8.23. The topological polar surface area (TPSA) is 49.4 Å². The molecule has 2 fully saturated rings. The number of halogens is 8. The second-order valence-electron chi connectivity index (χ2n) is 9.41. The first-order valence-electron chi connectivity index (χ1n) is 11.5. The minimum absolute atomic E-state index is 0.0489. The fourth-order valence-electron chi connectivity index (χ4n) is 4.71. The van der Waals surface area contributed by atoms with Gasteiger partial charge >= 0.3 is 12.4 Å². The largest absolute Gasteiger partial charge is 0.419 e. The zero-order valence-corrected chi connectivity index (χ0v) is 19.4. The molecule has 1 N–H and O–H groups in total. The van der Waals surface area contributed by atoms with Crippen LogP contribution in [0.4, 0.5) is 35.1 Å². The number of nitrogens with one attached hydrogen (secondary N) is 1. The van der Waals surface area contributed by atoms with Gasteiger partial charge < -0.3 is 10.2 Å². The third-order valence-corrected chi connectivity index (χ3v) is 6.76. The first kappa shape index (κ1) is 26.9. The van der Waals surface area contributed by atoms with Gasteiger partial charge in [0.2, 0.25) is 5.91 Å². The van der Waals surface area contributed by atoms with E-state index in [4.69, 9.17) is 0 Å². The van der Waals surface area contributed by atoms with Gasteiger partial charge in [-0.3, -0.25) is 9.59 Å². The van der Waals surface area contributed by atoms with Crippen molar-refractivity contribution in [2.75, 3.05) is 0 Å². The molecule has 1 aliphatic heterocycles. The summed E-state index contributed by atoms with van der Waals surface area (Å²) in [5.74, 6) is -4.91. The zero-order chi connectivity index (χ0) is 27.3. The Labute approximate surface area is 206 Å². The third kappa shape index (κ3) is 5.57. The van der Waals surface area contributed by atoms with Gasteiger partial charge in [-0.1, -0.05) is 6.07 Å². The molecule has 2 aromatic rings. The lowest BCUT2D eigenvalue weighted by Crippen LogP contribution is -2.49. The Morgan fingerprint density at radius 2 is 1.59 bits per heavy atom. The van der Waals surface area contributed by atoms with Crippen molar-refractivity contribution in [1.29, 1.82) is 0 Å². The number of nitrogens with zero attached hydrogens (tertiary/aromatic N) is 1. The molecule has 1 saturated heterocycles. The lowest BCUT2D eigenvalue weighted by molar-refractivity contribution is -0.140. The number of amides is 2. The lowest BCUT2D eigenvalue weighted by Gasteiger charge is -2.30. The molecule has 0 radical (unpaired) electrons. The predicted molar refractivity (Wildman–Crippen MR) is 115 cm³/mol. The molecule has 0 bridgehead atoms. The van der Waals surface area contributed by atoms with E-state index in [2.05, 4.69) is 5.32 Å². The van der Waals surface area contributed by atoms with Gasteiger partial charge in [0.05, 0.1) is 17.2 Å². The van der Waals surface area contributed by atoms with E-state index in [9.17, 15) is 44.7 Å². The standard InChI is InChI=1S/C25H22F8N2O2/c1-12-5-8-20(35(12)23(37)14-3-2-4-15(9-14)24(28,29)30)22(36)34-21(13-6-7-13)16-10-19(27)17(11-18(16)26)25(31,32)33/h2-4,9-13,20-21H,5-8H2,1H3,(H,34,36)/t12-,20-,21-/m1/s1. The quantitative estimate of drug-likeness (QED) is 0.461. The summed E-state index contributed by atoms with van der Waals surface area (Å²) in [7, 11) is 0. The van der Waals surface area contributed by atoms with E-state index in [-0.39, 0.29) is 24.0 Å². The van der Waals surface area contributed by atoms with Gasteiger partial charge in [-0.2, -0.15) is 26.3 Å². The molecular weight excluding hydrogens is 512 g/mol. The first-order valence-corrected chi connectivity index (χ1v) is 11.5. The Morgan fingerprint density at radius 3 is 2.19 bits per heavy atom. The van der Waals surface area contributed by atoms with E-state index in [0.717, 1.165) is 17.0 Å². The Morgan fingerprint density at radius 1 is 0.919 bits per heavy atom. The van der Waals surface area contributed by atoms with E-state index in [1.54, 1.807) is 6.92 Å². The molecule has 1 saturated carbocycles. The van der Waals surface area contributed by atoms with Crippen molar-refractivity contribution in [3.8, 4) is 0 Å². The highest BCUT2D eigenvalue weighted by molar-refractivity contribution is 5.98. The molecule has 200 valence electrons. The van der Waals surface area contributed by atoms with Crippen LogP contribution < -0.4 is 5.32 Å². The van der Waals surface area contributed by atoms with Crippen molar-refractivity contribution in [1.82, 2.24) is 10.2 Å². The van der Waals surface area contributed by atoms with Crippen LogP contribution in [0.5, 0.6) is 0 Å². The van der Waals surface area contributed by atoms with Crippen molar-refractivity contribution in [2.24, 2.45) is 5.92 Å². The molecule has 37 heavy (non-hydrogen) atoms. The molecule has 0 spiro atoms. The average Bonchev–Trinajstić information content (AvgIpc) is 3.58. The summed E-state index contributed by atoms with van der Waals surface area (Å²) in [6, 6.07) is 1.50. The van der Waals surface area contributed by atoms with Crippen molar-refractivity contribution >= 4 is 11.8 Å². The van der Waals surface area contributed by atoms with Gasteiger partial charge in [-0.15, -0.1) is 0 Å². The molecule has 1 heterocycles. The second kappa shape index (κ2) is 9.60. The number of alkyl halides is 6. The summed E-state index contributed by atoms with van der Waals surface area (Å²) in [6.45, 7) is 1.63. The van der Waals surface area contributed by atoms with Crippen molar-refractivity contribution in [3.05, 3.63) is 70.3 Å². The number of hydrogen-bond donors (Lipinski definition) is 1. The van der Waals surface area contributed by atoms with Crippen LogP contribution in [0.25, 0.3) is 0 Å². The number of rotatable bonds is 5. The summed E-state index contributed by atoms with van der Waals surface area (Å²) < 4.78 is 107. The smallest absolute Gasteiger partial charge is 0.347 e. The fraction of sp³-hybridized carbons (Fsp3) is 0.440. The lowest BCUT2D eigenvalue weighted by atomic mass is 9.98. The van der Waals surface area contributed by atoms with Gasteiger partial charge in [0.15, 0.2) is 0 Å². The number of benzene rings is 2. The molecule has 2 amide bonds. The second-order valence-corrected chi connectivity index (χ2v) is 9.41. The van der Waals surface area contributed by atoms with Crippen molar-refractivity contribution < 1.29 is 44.7 Å². The van der Waals surface area contributed by atoms with Crippen LogP contribution in [-0.4, -0.2) is 28.8 Å². The molecule has 2 aromatic carbocycles. The molecule has 0 unspecified atom stereocenters. The number of carbonyl (C=O) groups is 2. The van der Waals surface area contributed by atoms with E-state index in [1.165, 1.54) is 6.07 Å². The SMILES string of the molecule is C[C@@H]1CC[C@H](C(=O)N[C@@H](c2cc(F)c(C(F)(F)F)cc2F)C2CC2)N1C(=O)c1cccc(C(F)(F)F)c1. The Kier molecular flexibility index (Phi) is 6.98. The Bertz CT molecular complexity index is 1210. The maximum Gasteiger partial charge on any atom is 0.419 e. The first-order chi connectivity index (χ1) is 17.2. The van der Waals surface area contributed by atoms with Gasteiger partial charge in [-0.05, 0) is 68.9 Å². The van der Waals surface area contributed by atoms with E-state index in [1.807, 2.05) is 0 Å². The molecule has 1 aliphatic carbocycles. The Balaban J connectivity index is 1.59. The van der Waals surface area contributed by atoms with Gasteiger partial charge in [-0.25, -0.2) is 8.78 Å². The van der Waals surface area contributed by atoms with Crippen LogP contribution in [0.3, 0.4) is 0 Å². The normalized spacial score (nSPS) is 21.2. The van der Waals surface area contributed by atoms with Crippen LogP contribution in [0.2, 0.25) is 0 Å². The molecule has 4 rings (SSSR count). The molecule has 2 aliphatic rings. The maximum absolute atomic E-state index is 14.7. The van der Waals surface area contributed by atoms with Crippen LogP contribution in [0.15, 0.2) is 36.4 Å². The van der Waals surface area contributed by atoms with Crippen LogP contribution in [-0.2, 0) is 17.1 Å². The Hall–Kier alpha value is -3.18. The molecule has 3 atom stereocenters. The van der Waals surface area contributed by atoms with Crippen LogP contribution in [0.1, 0.15) is 65.7 Å². The van der Waals surface area contributed by atoms with Crippen LogP contribution >= 0.6 is 0 Å². The van der Waals surface area contributed by atoms with Crippen LogP contribution in [0, 0.1) is 17.6 Å². The minimum atomic E-state index is -5.11. The summed E-state index contributed by atoms with van der Waals surface area (Å²) >= 11 is 0. The predicted octanol–water partition coefficient (Wildman–Crippen LogP) is 6.26. The third-order valence-electron chi connectivity index (χ3n) is 6.76. The monoisotopic (exact) mass is 534 g/mol. The molecule has 4 nitrogen and oxygen atoms in total. The number of likely N-dealkylation sites (tertiary alicyclic amines) is 1. The maximum atomic E-state index is 14.7. The zero-order valence-electron chi connectivity index (χ0n) is 19.4. The highest BCUT2D eigenvalue weighted by Gasteiger charge is 2.43. The summed E-state index contributed by atoms with van der Waals surface area (Å²) in [5.41, 5.74) is -3.50. The summed E-state index contributed by atoms with van der Waals surface area (Å²) in [4.78, 5) is 27.5. The molecule has 0 aromatic heterocycles. The highest BCUT2D eigenvalue weighted by Crippen LogP contribution is 2.43. The van der Waals surface area contributed by atoms with Gasteiger partial charge in [0.1, 0.15) is 17.7 Å². The number of carbonyl (C=O) groups excluding carboxylic acids is 2. The highest BCUT2D eigenvalue weighted by atomic mass is 19.4. The van der Waals surface area contributed by atoms with Crippen molar-refractivity contribution in [2.45, 2.75) is 63.1 Å².